The number of ether oxygens (including phenoxy) is 1. The monoisotopic (exact) mass is 316 g/mol. The van der Waals surface area contributed by atoms with Gasteiger partial charge < -0.3 is 15.0 Å². The third-order valence-corrected chi connectivity index (χ3v) is 3.82. The van der Waals surface area contributed by atoms with E-state index in [1.165, 1.54) is 0 Å². The molecule has 0 aromatic carbocycles. The van der Waals surface area contributed by atoms with Gasteiger partial charge in [-0.1, -0.05) is 0 Å². The van der Waals surface area contributed by atoms with Crippen LogP contribution in [0.25, 0.3) is 0 Å². The molecule has 1 fully saturated rings. The summed E-state index contributed by atoms with van der Waals surface area (Å²) >= 11 is 0. The van der Waals surface area contributed by atoms with Crippen LogP contribution in [0.3, 0.4) is 0 Å². The first-order valence-electron chi connectivity index (χ1n) is 7.58. The zero-order chi connectivity index (χ0) is 16.2. The number of nitrogens with one attached hydrogen (secondary N) is 2. The van der Waals surface area contributed by atoms with Crippen LogP contribution < -0.4 is 5.32 Å². The minimum Gasteiger partial charge on any atom is -0.383 e. The van der Waals surface area contributed by atoms with E-state index in [1.807, 2.05) is 13.0 Å². The summed E-state index contributed by atoms with van der Waals surface area (Å²) in [6.45, 7) is 3.85. The Hall–Kier alpha value is -2.48. The molecule has 1 atom stereocenters. The summed E-state index contributed by atoms with van der Waals surface area (Å²) in [6.07, 6.45) is 2.47. The van der Waals surface area contributed by atoms with E-state index in [-0.39, 0.29) is 11.9 Å². The van der Waals surface area contributed by atoms with Crippen molar-refractivity contribution in [2.45, 2.75) is 19.4 Å². The van der Waals surface area contributed by atoms with Gasteiger partial charge in [-0.25, -0.2) is 9.97 Å². The standard InChI is InChI=1S/C15H20N6O2/c1-10-18-12(9-14(19-10)16-6-8-23-2)13-4-7-21(13)15(22)11-3-5-17-20-11/h3,5,9,13H,4,6-8H2,1-2H3,(H,17,20)(H,16,18,19)/t13-/m1/s1. The summed E-state index contributed by atoms with van der Waals surface area (Å²) in [5.74, 6) is 1.39. The molecule has 0 aliphatic carbocycles. The predicted octanol–water partition coefficient (Wildman–Crippen LogP) is 1.15. The molecule has 1 aliphatic heterocycles. The molecular weight excluding hydrogens is 296 g/mol. The minimum absolute atomic E-state index is 0.0181. The number of H-pyrrole nitrogens is 1. The highest BCUT2D eigenvalue weighted by Crippen LogP contribution is 2.33. The number of aromatic amines is 1. The second-order valence-corrected chi connectivity index (χ2v) is 5.42. The fourth-order valence-electron chi connectivity index (χ4n) is 2.60. The van der Waals surface area contributed by atoms with E-state index in [1.54, 1.807) is 24.3 Å². The lowest BCUT2D eigenvalue weighted by molar-refractivity contribution is 0.0444. The highest BCUT2D eigenvalue weighted by Gasteiger charge is 2.35. The van der Waals surface area contributed by atoms with Crippen LogP contribution in [0.1, 0.15) is 34.5 Å². The number of amides is 1. The molecule has 1 amide bonds. The maximum absolute atomic E-state index is 12.4. The fourth-order valence-corrected chi connectivity index (χ4v) is 2.60. The molecule has 3 heterocycles. The molecule has 122 valence electrons. The third kappa shape index (κ3) is 3.31. The average Bonchev–Trinajstić information content (AvgIpc) is 3.00. The Labute approximate surface area is 134 Å². The van der Waals surface area contributed by atoms with Crippen LogP contribution in [0.15, 0.2) is 18.3 Å². The first-order chi connectivity index (χ1) is 11.2. The van der Waals surface area contributed by atoms with Crippen molar-refractivity contribution in [1.29, 1.82) is 0 Å². The molecule has 8 heteroatoms. The summed E-state index contributed by atoms with van der Waals surface area (Å²) in [7, 11) is 1.66. The van der Waals surface area contributed by atoms with Crippen LogP contribution in [0.2, 0.25) is 0 Å². The highest BCUT2D eigenvalue weighted by atomic mass is 16.5. The van der Waals surface area contributed by atoms with Crippen LogP contribution in [0.4, 0.5) is 5.82 Å². The second-order valence-electron chi connectivity index (χ2n) is 5.42. The van der Waals surface area contributed by atoms with Crippen LogP contribution in [0.5, 0.6) is 0 Å². The zero-order valence-electron chi connectivity index (χ0n) is 13.2. The van der Waals surface area contributed by atoms with E-state index < -0.39 is 0 Å². The zero-order valence-corrected chi connectivity index (χ0v) is 13.2. The van der Waals surface area contributed by atoms with Crippen molar-refractivity contribution in [1.82, 2.24) is 25.1 Å². The van der Waals surface area contributed by atoms with Gasteiger partial charge in [0, 0.05) is 32.5 Å². The summed E-state index contributed by atoms with van der Waals surface area (Å²) < 4.78 is 5.03. The number of methoxy groups -OCH3 is 1. The van der Waals surface area contributed by atoms with Crippen molar-refractivity contribution in [3.05, 3.63) is 35.5 Å². The van der Waals surface area contributed by atoms with Gasteiger partial charge >= 0.3 is 0 Å². The molecule has 0 bridgehead atoms. The number of anilines is 1. The van der Waals surface area contributed by atoms with E-state index in [4.69, 9.17) is 4.74 Å². The molecule has 2 aromatic heterocycles. The van der Waals surface area contributed by atoms with E-state index in [0.29, 0.717) is 24.7 Å². The van der Waals surface area contributed by atoms with Crippen molar-refractivity contribution >= 4 is 11.7 Å². The lowest BCUT2D eigenvalue weighted by atomic mass is 9.98. The number of aryl methyl sites for hydroxylation is 1. The molecule has 1 aliphatic rings. The Morgan fingerprint density at radius 2 is 2.39 bits per heavy atom. The van der Waals surface area contributed by atoms with Gasteiger partial charge in [0.25, 0.3) is 5.91 Å². The van der Waals surface area contributed by atoms with E-state index in [9.17, 15) is 4.79 Å². The molecule has 0 spiro atoms. The van der Waals surface area contributed by atoms with Crippen LogP contribution in [-0.2, 0) is 4.74 Å². The Morgan fingerprint density at radius 3 is 3.04 bits per heavy atom. The van der Waals surface area contributed by atoms with Gasteiger partial charge in [0.1, 0.15) is 17.3 Å². The molecule has 0 unspecified atom stereocenters. The lowest BCUT2D eigenvalue weighted by Crippen LogP contribution is -2.45. The highest BCUT2D eigenvalue weighted by molar-refractivity contribution is 5.93. The number of aromatic nitrogens is 4. The molecule has 1 saturated heterocycles. The van der Waals surface area contributed by atoms with Crippen LogP contribution >= 0.6 is 0 Å². The number of rotatable bonds is 6. The number of carbonyl (C=O) groups excluding carboxylic acids is 1. The van der Waals surface area contributed by atoms with Crippen molar-refractivity contribution in [3.8, 4) is 0 Å². The third-order valence-electron chi connectivity index (χ3n) is 3.82. The van der Waals surface area contributed by atoms with Crippen molar-refractivity contribution < 1.29 is 9.53 Å². The second kappa shape index (κ2) is 6.74. The van der Waals surface area contributed by atoms with Gasteiger partial charge in [-0.15, -0.1) is 0 Å². The summed E-state index contributed by atoms with van der Waals surface area (Å²) in [5, 5.41) is 9.75. The van der Waals surface area contributed by atoms with Gasteiger partial charge in [0.2, 0.25) is 0 Å². The van der Waals surface area contributed by atoms with Gasteiger partial charge in [-0.05, 0) is 19.4 Å². The molecule has 2 aromatic rings. The molecule has 23 heavy (non-hydrogen) atoms. The Balaban J connectivity index is 1.74. The quantitative estimate of drug-likeness (QED) is 0.776. The maximum atomic E-state index is 12.4. The normalized spacial score (nSPS) is 17.0. The van der Waals surface area contributed by atoms with Crippen LogP contribution in [-0.4, -0.2) is 57.8 Å². The van der Waals surface area contributed by atoms with E-state index in [2.05, 4.69) is 25.5 Å². The summed E-state index contributed by atoms with van der Waals surface area (Å²) in [6, 6.07) is 3.57. The average molecular weight is 316 g/mol. The molecule has 8 nitrogen and oxygen atoms in total. The fraction of sp³-hybridized carbons (Fsp3) is 0.467. The topological polar surface area (TPSA) is 96.0 Å². The maximum Gasteiger partial charge on any atom is 0.272 e. The smallest absolute Gasteiger partial charge is 0.272 e. The molecule has 0 saturated carbocycles. The van der Waals surface area contributed by atoms with Crippen LogP contribution in [0, 0.1) is 6.92 Å². The molecule has 3 rings (SSSR count). The Bertz CT molecular complexity index is 673. The first-order valence-corrected chi connectivity index (χ1v) is 7.58. The van der Waals surface area contributed by atoms with E-state index >= 15 is 0 Å². The molecule has 2 N–H and O–H groups in total. The van der Waals surface area contributed by atoms with Gasteiger partial charge in [0.05, 0.1) is 18.3 Å². The van der Waals surface area contributed by atoms with E-state index in [0.717, 1.165) is 24.5 Å². The summed E-state index contributed by atoms with van der Waals surface area (Å²) in [4.78, 5) is 23.1. The predicted molar refractivity (Wildman–Crippen MR) is 84.1 cm³/mol. The van der Waals surface area contributed by atoms with Gasteiger partial charge in [0.15, 0.2) is 0 Å². The van der Waals surface area contributed by atoms with Gasteiger partial charge in [-0.3, -0.25) is 9.89 Å². The molecular formula is C15H20N6O2. The first kappa shape index (κ1) is 15.4. The van der Waals surface area contributed by atoms with Crippen molar-refractivity contribution in [2.24, 2.45) is 0 Å². The Morgan fingerprint density at radius 1 is 1.52 bits per heavy atom. The lowest BCUT2D eigenvalue weighted by Gasteiger charge is -2.40. The SMILES string of the molecule is COCCNc1cc([C@H]2CCN2C(=O)c2ccn[nH]2)nc(C)n1. The number of likely N-dealkylation sites (tertiary alicyclic amines) is 1. The van der Waals surface area contributed by atoms with Crippen molar-refractivity contribution in [3.63, 3.8) is 0 Å². The molecule has 0 radical (unpaired) electrons. The largest absolute Gasteiger partial charge is 0.383 e. The Kier molecular flexibility index (Phi) is 4.52. The van der Waals surface area contributed by atoms with Crippen molar-refractivity contribution in [2.75, 3.05) is 32.1 Å². The number of hydrogen-bond donors (Lipinski definition) is 2. The minimum atomic E-state index is -0.0519. The number of nitrogens with zero attached hydrogens (tertiary/aromatic N) is 4. The summed E-state index contributed by atoms with van der Waals surface area (Å²) in [5.41, 5.74) is 1.36. The number of hydrogen-bond acceptors (Lipinski definition) is 6. The van der Waals surface area contributed by atoms with Gasteiger partial charge in [-0.2, -0.15) is 5.10 Å². The number of carbonyl (C=O) groups is 1.